The van der Waals surface area contributed by atoms with Crippen molar-refractivity contribution in [1.82, 2.24) is 0 Å². The van der Waals surface area contributed by atoms with Gasteiger partial charge < -0.3 is 0 Å². The minimum Gasteiger partial charge on any atom is -0.150 e. The van der Waals surface area contributed by atoms with Gasteiger partial charge in [0.25, 0.3) is 0 Å². The molecule has 37 heavy (non-hydrogen) atoms. The summed E-state index contributed by atoms with van der Waals surface area (Å²) >= 11 is 1.63. The van der Waals surface area contributed by atoms with Crippen LogP contribution in [0.2, 0.25) is 33.2 Å². The Morgan fingerprint density at radius 1 is 0.486 bits per heavy atom. The normalized spacial score (nSPS) is 12.2. The fourth-order valence-electron chi connectivity index (χ4n) is 6.10. The number of allylic oxidation sites excluding steroid dienone is 4. The Bertz CT molecular complexity index is 1040. The molecule has 0 fully saturated rings. The molecule has 0 saturated carbocycles. The highest BCUT2D eigenvalue weighted by Crippen LogP contribution is 2.41. The van der Waals surface area contributed by atoms with Crippen LogP contribution in [0.25, 0.3) is 0 Å². The maximum absolute atomic E-state index is 3.71. The van der Waals surface area contributed by atoms with E-state index in [4.69, 9.17) is 0 Å². The highest BCUT2D eigenvalue weighted by atomic mass is 32.1. The van der Waals surface area contributed by atoms with Gasteiger partial charge in [0.05, 0.1) is 11.1 Å². The molecule has 0 bridgehead atoms. The van der Waals surface area contributed by atoms with Crippen molar-refractivity contribution in [1.29, 1.82) is 0 Å². The van der Waals surface area contributed by atoms with E-state index in [1.165, 1.54) is 0 Å². The molecule has 0 unspecified atom stereocenters. The summed E-state index contributed by atoms with van der Waals surface area (Å²) in [5, 5.41) is 4.12. The predicted molar refractivity (Wildman–Crippen MR) is 174 cm³/mol. The molecule has 0 aliphatic carbocycles. The topological polar surface area (TPSA) is 0 Å². The molecule has 0 atom stereocenters. The molecule has 0 nitrogen and oxygen atoms in total. The van der Waals surface area contributed by atoms with Gasteiger partial charge in [0, 0.05) is 10.8 Å². The number of hydrogen-bond acceptors (Lipinski definition) is 1. The lowest BCUT2D eigenvalue weighted by Crippen LogP contribution is -2.43. The van der Waals surface area contributed by atoms with Crippen LogP contribution < -0.4 is 0 Å². The van der Waals surface area contributed by atoms with Crippen molar-refractivity contribution in [2.75, 3.05) is 0 Å². The quantitative estimate of drug-likeness (QED) is 0.247. The third kappa shape index (κ3) is 8.42. The van der Waals surface area contributed by atoms with Gasteiger partial charge in [0.15, 0.2) is 0 Å². The maximum Gasteiger partial charge on any atom is 0.146 e. The molecular weight excluding hydrogens is 497 g/mol. The third-order valence-electron chi connectivity index (χ3n) is 7.89. The molecule has 0 aliphatic rings. The summed E-state index contributed by atoms with van der Waals surface area (Å²) in [4.78, 5) is 0. The van der Waals surface area contributed by atoms with E-state index in [1.807, 2.05) is 24.3 Å². The summed E-state index contributed by atoms with van der Waals surface area (Å²) in [5.74, 6) is 19.4. The average Bonchev–Trinajstić information content (AvgIpc) is 3.23. The van der Waals surface area contributed by atoms with Crippen molar-refractivity contribution in [3.05, 3.63) is 46.2 Å². The molecule has 1 heterocycles. The summed E-state index contributed by atoms with van der Waals surface area (Å²) in [6.07, 6.45) is 7.56. The second kappa shape index (κ2) is 15.3. The highest BCUT2D eigenvalue weighted by molar-refractivity contribution is 7.08. The predicted octanol–water partition coefficient (Wildman–Crippen LogP) is 10.0. The monoisotopic (exact) mass is 544 g/mol. The fraction of sp³-hybridized carbons (Fsp3) is 0.529. The van der Waals surface area contributed by atoms with Gasteiger partial charge in [-0.25, -0.2) is 0 Å². The lowest BCUT2D eigenvalue weighted by molar-refractivity contribution is 0.838. The molecule has 0 radical (unpaired) electrons. The van der Waals surface area contributed by atoms with Gasteiger partial charge in [-0.15, -0.1) is 22.4 Å². The molecule has 3 heteroatoms. The van der Waals surface area contributed by atoms with Crippen LogP contribution in [0.3, 0.4) is 0 Å². The Balaban J connectivity index is 3.00. The van der Waals surface area contributed by atoms with E-state index < -0.39 is 16.1 Å². The number of rotatable bonds is 6. The van der Waals surface area contributed by atoms with Crippen molar-refractivity contribution in [2.45, 2.75) is 116 Å². The van der Waals surface area contributed by atoms with E-state index in [9.17, 15) is 0 Å². The molecule has 0 saturated heterocycles. The molecule has 0 aliphatic heterocycles. The van der Waals surface area contributed by atoms with Crippen molar-refractivity contribution in [3.63, 3.8) is 0 Å². The zero-order chi connectivity index (χ0) is 28.2. The Hall–Kier alpha value is -2.15. The zero-order valence-corrected chi connectivity index (χ0v) is 28.2. The summed E-state index contributed by atoms with van der Waals surface area (Å²) in [6, 6.07) is 0. The van der Waals surface area contributed by atoms with Crippen molar-refractivity contribution >= 4 is 27.5 Å². The number of hydrogen-bond donors (Lipinski definition) is 0. The molecule has 0 aromatic carbocycles. The van der Waals surface area contributed by atoms with E-state index in [1.54, 1.807) is 11.3 Å². The SMILES string of the molecule is CC(C)[Si](C#C/C=C\C#Cc1cscc1C#C/C=C\C#C[Si](C(C)C)(C(C)C)C(C)C)(C(C)C)C(C)C. The standard InChI is InChI=1S/C34H48SSi2/c1-27(2)36(28(3)4,29(5)6)23-19-15-13-17-21-33-25-35-26-34(33)22-18-14-16-20-24-37(30(7)8,31(9)10)32(11)12/h13-16,25-32H,1-12H3/b15-13-,16-14-. The van der Waals surface area contributed by atoms with Crippen LogP contribution in [0.4, 0.5) is 0 Å². The Morgan fingerprint density at radius 3 is 1.03 bits per heavy atom. The average molecular weight is 545 g/mol. The second-order valence-corrected chi connectivity index (χ2v) is 23.6. The zero-order valence-electron chi connectivity index (χ0n) is 25.3. The maximum atomic E-state index is 3.71. The number of thiophene rings is 1. The molecular formula is C34H48SSi2. The minimum atomic E-state index is -1.69. The highest BCUT2D eigenvalue weighted by Gasteiger charge is 2.42. The van der Waals surface area contributed by atoms with E-state index in [0.29, 0.717) is 33.2 Å². The van der Waals surface area contributed by atoms with Gasteiger partial charge in [-0.05, 0) is 57.6 Å². The van der Waals surface area contributed by atoms with Crippen LogP contribution in [0, 0.1) is 46.6 Å². The molecule has 1 aromatic heterocycles. The van der Waals surface area contributed by atoms with Crippen LogP contribution in [-0.4, -0.2) is 16.1 Å². The molecule has 198 valence electrons. The van der Waals surface area contributed by atoms with E-state index in [-0.39, 0.29) is 0 Å². The summed E-state index contributed by atoms with van der Waals surface area (Å²) in [6.45, 7) is 28.0. The van der Waals surface area contributed by atoms with E-state index in [0.717, 1.165) is 11.1 Å². The molecule has 0 spiro atoms. The molecule has 0 amide bonds. The lowest BCUT2D eigenvalue weighted by atomic mass is 10.2. The van der Waals surface area contributed by atoms with Crippen LogP contribution >= 0.6 is 11.3 Å². The Labute approximate surface area is 235 Å². The van der Waals surface area contributed by atoms with E-state index >= 15 is 0 Å². The Kier molecular flexibility index (Phi) is 13.6. The first kappa shape index (κ1) is 32.9. The summed E-state index contributed by atoms with van der Waals surface area (Å²) in [7, 11) is -3.39. The summed E-state index contributed by atoms with van der Waals surface area (Å²) in [5.41, 5.74) is 13.2. The first-order valence-electron chi connectivity index (χ1n) is 13.8. The fourth-order valence-corrected chi connectivity index (χ4v) is 17.2. The van der Waals surface area contributed by atoms with Gasteiger partial charge in [0.2, 0.25) is 0 Å². The first-order valence-corrected chi connectivity index (χ1v) is 19.2. The third-order valence-corrected chi connectivity index (χ3v) is 21.2. The minimum absolute atomic E-state index is 0.636. The van der Waals surface area contributed by atoms with Gasteiger partial charge in [-0.3, -0.25) is 0 Å². The second-order valence-electron chi connectivity index (χ2n) is 11.7. The van der Waals surface area contributed by atoms with Gasteiger partial charge in [-0.1, -0.05) is 119 Å². The smallest absolute Gasteiger partial charge is 0.146 e. The van der Waals surface area contributed by atoms with Crippen LogP contribution in [0.15, 0.2) is 35.1 Å². The first-order chi connectivity index (χ1) is 17.3. The Morgan fingerprint density at radius 2 is 0.757 bits per heavy atom. The van der Waals surface area contributed by atoms with E-state index in [2.05, 4.69) is 140 Å². The van der Waals surface area contributed by atoms with Gasteiger partial charge in [-0.2, -0.15) is 0 Å². The molecule has 1 aromatic rings. The van der Waals surface area contributed by atoms with Gasteiger partial charge >= 0.3 is 0 Å². The van der Waals surface area contributed by atoms with Crippen LogP contribution in [-0.2, 0) is 0 Å². The molecule has 1 rings (SSSR count). The van der Waals surface area contributed by atoms with Gasteiger partial charge in [0.1, 0.15) is 16.1 Å². The summed E-state index contributed by atoms with van der Waals surface area (Å²) < 4.78 is 0. The van der Waals surface area contributed by atoms with Crippen LogP contribution in [0.1, 0.15) is 94.2 Å². The lowest BCUT2D eigenvalue weighted by Gasteiger charge is -2.37. The van der Waals surface area contributed by atoms with Crippen molar-refractivity contribution < 1.29 is 0 Å². The van der Waals surface area contributed by atoms with Crippen LogP contribution in [0.5, 0.6) is 0 Å². The van der Waals surface area contributed by atoms with Crippen molar-refractivity contribution in [2.24, 2.45) is 0 Å². The molecule has 0 N–H and O–H groups in total. The largest absolute Gasteiger partial charge is 0.150 e. The van der Waals surface area contributed by atoms with Crippen molar-refractivity contribution in [3.8, 4) is 46.6 Å².